The number of aromatic nitrogens is 2. The molecule has 0 bridgehead atoms. The first-order valence-corrected chi connectivity index (χ1v) is 11.8. The zero-order valence-corrected chi connectivity index (χ0v) is 20.5. The summed E-state index contributed by atoms with van der Waals surface area (Å²) in [6.07, 6.45) is 0. The molecule has 1 unspecified atom stereocenters. The second-order valence-corrected chi connectivity index (χ2v) is 9.27. The van der Waals surface area contributed by atoms with Crippen molar-refractivity contribution in [1.82, 2.24) is 14.9 Å². The van der Waals surface area contributed by atoms with Crippen molar-refractivity contribution < 1.29 is 9.47 Å². The first-order chi connectivity index (χ1) is 15.9. The summed E-state index contributed by atoms with van der Waals surface area (Å²) in [6, 6.07) is 14.0. The molecule has 0 amide bonds. The Morgan fingerprint density at radius 2 is 1.76 bits per heavy atom. The molecule has 4 aromatic rings. The van der Waals surface area contributed by atoms with Crippen LogP contribution in [0.5, 0.6) is 11.5 Å². The highest BCUT2D eigenvalue weighted by Crippen LogP contribution is 2.32. The van der Waals surface area contributed by atoms with Gasteiger partial charge < -0.3 is 19.4 Å². The number of benzene rings is 2. The number of nitrogens with zero attached hydrogens (tertiary/aromatic N) is 2. The first-order valence-electron chi connectivity index (χ1n) is 10.9. The van der Waals surface area contributed by atoms with Gasteiger partial charge in [0, 0.05) is 35.0 Å². The van der Waals surface area contributed by atoms with Crippen LogP contribution < -0.4 is 20.3 Å². The van der Waals surface area contributed by atoms with Crippen LogP contribution in [0.1, 0.15) is 40.4 Å². The average Bonchev–Trinajstić information content (AvgIpc) is 3.26. The Morgan fingerprint density at radius 1 is 1.06 bits per heavy atom. The molecule has 33 heavy (non-hydrogen) atoms. The lowest BCUT2D eigenvalue weighted by atomic mass is 10.1. The number of aryl methyl sites for hydroxylation is 2. The van der Waals surface area contributed by atoms with Crippen LogP contribution in [0.25, 0.3) is 10.9 Å². The third kappa shape index (κ3) is 4.94. The van der Waals surface area contributed by atoms with Gasteiger partial charge in [0.25, 0.3) is 5.56 Å². The number of hydrogen-bond donors (Lipinski definition) is 1. The average molecular weight is 464 g/mol. The summed E-state index contributed by atoms with van der Waals surface area (Å²) in [7, 11) is 3.22. The molecule has 2 heterocycles. The monoisotopic (exact) mass is 463 g/mol. The molecule has 0 saturated carbocycles. The Kier molecular flexibility index (Phi) is 6.81. The van der Waals surface area contributed by atoms with E-state index in [0.717, 1.165) is 27.2 Å². The fourth-order valence-electron chi connectivity index (χ4n) is 3.87. The third-order valence-corrected chi connectivity index (χ3v) is 6.61. The lowest BCUT2D eigenvalue weighted by Crippen LogP contribution is -2.29. The highest BCUT2D eigenvalue weighted by Gasteiger charge is 2.16. The zero-order chi connectivity index (χ0) is 23.5. The van der Waals surface area contributed by atoms with Crippen molar-refractivity contribution in [2.24, 2.45) is 0 Å². The zero-order valence-electron chi connectivity index (χ0n) is 19.6. The Balaban J connectivity index is 1.76. The summed E-state index contributed by atoms with van der Waals surface area (Å²) in [5, 5.41) is 7.47. The van der Waals surface area contributed by atoms with E-state index in [-0.39, 0.29) is 11.6 Å². The van der Waals surface area contributed by atoms with E-state index in [1.165, 1.54) is 5.56 Å². The fraction of sp³-hybridized carbons (Fsp3) is 0.308. The van der Waals surface area contributed by atoms with Crippen molar-refractivity contribution in [3.05, 3.63) is 85.6 Å². The second-order valence-electron chi connectivity index (χ2n) is 8.21. The molecule has 7 heteroatoms. The van der Waals surface area contributed by atoms with Gasteiger partial charge in [0.15, 0.2) is 11.5 Å². The van der Waals surface area contributed by atoms with E-state index in [1.54, 1.807) is 25.6 Å². The van der Waals surface area contributed by atoms with Crippen molar-refractivity contribution in [3.63, 3.8) is 0 Å². The molecule has 0 aliphatic rings. The van der Waals surface area contributed by atoms with Crippen molar-refractivity contribution in [3.8, 4) is 11.5 Å². The second kappa shape index (κ2) is 9.77. The highest BCUT2D eigenvalue weighted by molar-refractivity contribution is 7.09. The van der Waals surface area contributed by atoms with Crippen LogP contribution in [-0.4, -0.2) is 23.8 Å². The van der Waals surface area contributed by atoms with Crippen LogP contribution in [0, 0.1) is 13.8 Å². The number of fused-ring (bicyclic) bond motifs is 1. The first kappa shape index (κ1) is 23.0. The lowest BCUT2D eigenvalue weighted by molar-refractivity contribution is 0.355. The van der Waals surface area contributed by atoms with Gasteiger partial charge in [-0.25, -0.2) is 4.98 Å². The van der Waals surface area contributed by atoms with Crippen molar-refractivity contribution in [2.45, 2.75) is 39.9 Å². The largest absolute Gasteiger partial charge is 0.493 e. The quantitative estimate of drug-likeness (QED) is 0.399. The predicted octanol–water partition coefficient (Wildman–Crippen LogP) is 4.99. The van der Waals surface area contributed by atoms with Crippen LogP contribution in [0.2, 0.25) is 0 Å². The number of methoxy groups -OCH3 is 2. The van der Waals surface area contributed by atoms with Crippen molar-refractivity contribution in [1.29, 1.82) is 0 Å². The van der Waals surface area contributed by atoms with E-state index in [2.05, 4.69) is 53.8 Å². The van der Waals surface area contributed by atoms with Gasteiger partial charge in [-0.15, -0.1) is 11.3 Å². The van der Waals surface area contributed by atoms with E-state index in [9.17, 15) is 4.79 Å². The van der Waals surface area contributed by atoms with Gasteiger partial charge in [-0.1, -0.05) is 29.8 Å². The van der Waals surface area contributed by atoms with Crippen LogP contribution in [0.3, 0.4) is 0 Å². The number of nitrogens with one attached hydrogen (secondary N) is 1. The minimum absolute atomic E-state index is 0.0237. The van der Waals surface area contributed by atoms with E-state index in [4.69, 9.17) is 9.47 Å². The van der Waals surface area contributed by atoms with E-state index in [1.807, 2.05) is 29.7 Å². The molecule has 4 rings (SSSR count). The minimum Gasteiger partial charge on any atom is -0.493 e. The summed E-state index contributed by atoms with van der Waals surface area (Å²) >= 11 is 1.63. The molecule has 0 aliphatic heterocycles. The molecule has 0 spiro atoms. The minimum atomic E-state index is -0.0237. The van der Waals surface area contributed by atoms with E-state index in [0.29, 0.717) is 30.2 Å². The number of pyridine rings is 1. The topological polar surface area (TPSA) is 65.4 Å². The number of hydrogen-bond acceptors (Lipinski definition) is 6. The van der Waals surface area contributed by atoms with Crippen LogP contribution in [0.4, 0.5) is 0 Å². The number of rotatable bonds is 8. The van der Waals surface area contributed by atoms with Gasteiger partial charge >= 0.3 is 0 Å². The Hall–Kier alpha value is -3.16. The molecule has 2 aromatic carbocycles. The van der Waals surface area contributed by atoms with Crippen LogP contribution in [-0.2, 0) is 13.1 Å². The smallest absolute Gasteiger partial charge is 0.255 e. The summed E-state index contributed by atoms with van der Waals surface area (Å²) < 4.78 is 12.8. The predicted molar refractivity (Wildman–Crippen MR) is 134 cm³/mol. The number of ether oxygens (including phenoxy) is 2. The molecule has 6 nitrogen and oxygen atoms in total. The SMILES string of the molecule is COc1cc2cc(CNC(C)c3csc(C)n3)c(=O)n(Cc3ccc(C)cc3)c2cc1OC. The van der Waals surface area contributed by atoms with Gasteiger partial charge in [-0.3, -0.25) is 4.79 Å². The standard InChI is InChI=1S/C26H29N3O3S/c1-16-6-8-19(9-7-16)14-29-23-12-25(32-5)24(31-4)11-20(23)10-21(26(29)30)13-27-17(2)22-15-33-18(3)28-22/h6-12,15,17,27H,13-14H2,1-5H3. The maximum Gasteiger partial charge on any atom is 0.255 e. The maximum atomic E-state index is 13.6. The molecule has 1 atom stereocenters. The molecule has 172 valence electrons. The van der Waals surface area contributed by atoms with Gasteiger partial charge in [0.1, 0.15) is 0 Å². The van der Waals surface area contributed by atoms with Gasteiger partial charge in [-0.2, -0.15) is 0 Å². The molecule has 1 N–H and O–H groups in total. The Morgan fingerprint density at radius 3 is 2.39 bits per heavy atom. The summed E-state index contributed by atoms with van der Waals surface area (Å²) in [4.78, 5) is 18.2. The molecular formula is C26H29N3O3S. The van der Waals surface area contributed by atoms with E-state index < -0.39 is 0 Å². The Labute approximate surface area is 197 Å². The van der Waals surface area contributed by atoms with Gasteiger partial charge in [-0.05, 0) is 38.5 Å². The third-order valence-electron chi connectivity index (χ3n) is 5.81. The fourth-order valence-corrected chi connectivity index (χ4v) is 4.58. The molecule has 0 fully saturated rings. The molecule has 0 aliphatic carbocycles. The summed E-state index contributed by atoms with van der Waals surface area (Å²) in [5.74, 6) is 1.23. The van der Waals surface area contributed by atoms with Gasteiger partial charge in [0.2, 0.25) is 0 Å². The molecule has 0 radical (unpaired) electrons. The highest BCUT2D eigenvalue weighted by atomic mass is 32.1. The van der Waals surface area contributed by atoms with Crippen LogP contribution >= 0.6 is 11.3 Å². The summed E-state index contributed by atoms with van der Waals surface area (Å²) in [5.41, 5.74) is 4.72. The molecular weight excluding hydrogens is 434 g/mol. The molecule has 0 saturated heterocycles. The van der Waals surface area contributed by atoms with Gasteiger partial charge in [0.05, 0.1) is 37.0 Å². The Bertz CT molecular complexity index is 1330. The lowest BCUT2D eigenvalue weighted by Gasteiger charge is -2.17. The molecule has 2 aromatic heterocycles. The van der Waals surface area contributed by atoms with Crippen LogP contribution in [0.15, 0.2) is 52.6 Å². The normalized spacial score (nSPS) is 12.2. The maximum absolute atomic E-state index is 13.6. The summed E-state index contributed by atoms with van der Waals surface area (Å²) in [6.45, 7) is 7.03. The van der Waals surface area contributed by atoms with E-state index >= 15 is 0 Å². The van der Waals surface area contributed by atoms with Crippen molar-refractivity contribution in [2.75, 3.05) is 14.2 Å². The number of thiazole rings is 1. The van der Waals surface area contributed by atoms with Crippen molar-refractivity contribution >= 4 is 22.2 Å².